The van der Waals surface area contributed by atoms with Gasteiger partial charge in [0.05, 0.1) is 5.39 Å². The van der Waals surface area contributed by atoms with Crippen molar-refractivity contribution in [3.05, 3.63) is 52.6 Å². The van der Waals surface area contributed by atoms with Gasteiger partial charge in [0.15, 0.2) is 0 Å². The van der Waals surface area contributed by atoms with Crippen LogP contribution < -0.4 is 5.56 Å². The number of H-pyrrole nitrogens is 1. The van der Waals surface area contributed by atoms with Crippen molar-refractivity contribution >= 4 is 33.2 Å². The van der Waals surface area contributed by atoms with Gasteiger partial charge in [-0.1, -0.05) is 30.3 Å². The van der Waals surface area contributed by atoms with Crippen LogP contribution in [0.3, 0.4) is 0 Å². The minimum Gasteiger partial charge on any atom is -0.310 e. The van der Waals surface area contributed by atoms with Crippen molar-refractivity contribution in [1.82, 2.24) is 9.97 Å². The molecule has 3 rings (SSSR count). The maximum Gasteiger partial charge on any atom is 0.259 e. The Morgan fingerprint density at radius 3 is 2.80 bits per heavy atom. The van der Waals surface area contributed by atoms with Crippen LogP contribution in [-0.4, -0.2) is 15.8 Å². The molecule has 3 nitrogen and oxygen atoms in total. The van der Waals surface area contributed by atoms with E-state index in [0.29, 0.717) is 23.5 Å². The summed E-state index contributed by atoms with van der Waals surface area (Å²) in [5, 5.41) is 0.656. The molecule has 0 unspecified atom stereocenters. The Morgan fingerprint density at radius 1 is 1.25 bits per heavy atom. The zero-order valence-electron chi connectivity index (χ0n) is 10.7. The van der Waals surface area contributed by atoms with Crippen molar-refractivity contribution in [2.24, 2.45) is 0 Å². The van der Waals surface area contributed by atoms with E-state index in [1.807, 2.05) is 36.4 Å². The number of aromatic amines is 1. The van der Waals surface area contributed by atoms with Crippen LogP contribution in [0.2, 0.25) is 0 Å². The third-order valence-electron chi connectivity index (χ3n) is 3.06. The lowest BCUT2D eigenvalue weighted by Crippen LogP contribution is -2.10. The summed E-state index contributed by atoms with van der Waals surface area (Å²) >= 11 is 7.22. The highest BCUT2D eigenvalue weighted by Crippen LogP contribution is 2.30. The maximum absolute atomic E-state index is 12.1. The van der Waals surface area contributed by atoms with Gasteiger partial charge in [-0.15, -0.1) is 22.9 Å². The van der Waals surface area contributed by atoms with Gasteiger partial charge in [0.25, 0.3) is 5.56 Å². The number of hydrogen-bond donors (Lipinski definition) is 1. The molecule has 0 spiro atoms. The van der Waals surface area contributed by atoms with Gasteiger partial charge in [0, 0.05) is 17.2 Å². The molecule has 0 atom stereocenters. The molecule has 0 saturated heterocycles. The highest BCUT2D eigenvalue weighted by atomic mass is 35.5. The average Bonchev–Trinajstić information content (AvgIpc) is 2.91. The van der Waals surface area contributed by atoms with Crippen molar-refractivity contribution in [2.75, 3.05) is 5.88 Å². The Hall–Kier alpha value is -1.65. The Bertz CT molecular complexity index is 779. The lowest BCUT2D eigenvalue weighted by atomic mass is 10.2. The molecule has 2 aromatic heterocycles. The SMILES string of the molecule is O=c1[nH]c(CCCCl)nc2sc(-c3ccccc3)cc12. The van der Waals surface area contributed by atoms with Crippen LogP contribution in [0.25, 0.3) is 20.7 Å². The summed E-state index contributed by atoms with van der Waals surface area (Å²) in [6.45, 7) is 0. The summed E-state index contributed by atoms with van der Waals surface area (Å²) in [5.41, 5.74) is 1.04. The molecular weight excluding hydrogens is 292 g/mol. The maximum atomic E-state index is 12.1. The van der Waals surface area contributed by atoms with E-state index in [9.17, 15) is 4.79 Å². The van der Waals surface area contributed by atoms with E-state index < -0.39 is 0 Å². The monoisotopic (exact) mass is 304 g/mol. The molecule has 0 aliphatic rings. The molecule has 1 N–H and O–H groups in total. The quantitative estimate of drug-likeness (QED) is 0.745. The number of alkyl halides is 1. The summed E-state index contributed by atoms with van der Waals surface area (Å²) in [5.74, 6) is 1.28. The number of nitrogens with one attached hydrogen (secondary N) is 1. The molecule has 3 aromatic rings. The normalized spacial score (nSPS) is 11.1. The highest BCUT2D eigenvalue weighted by molar-refractivity contribution is 7.21. The van der Waals surface area contributed by atoms with E-state index >= 15 is 0 Å². The molecule has 0 fully saturated rings. The lowest BCUT2D eigenvalue weighted by molar-refractivity contribution is 0.843. The molecule has 0 amide bonds. The summed E-state index contributed by atoms with van der Waals surface area (Å²) in [6, 6.07) is 11.9. The summed E-state index contributed by atoms with van der Waals surface area (Å²) in [7, 11) is 0. The molecule has 102 valence electrons. The second kappa shape index (κ2) is 5.77. The predicted octanol–water partition coefficient (Wildman–Crippen LogP) is 3.82. The summed E-state index contributed by atoms with van der Waals surface area (Å²) in [6.07, 6.45) is 1.51. The van der Waals surface area contributed by atoms with Crippen LogP contribution in [0.4, 0.5) is 0 Å². The number of halogens is 1. The highest BCUT2D eigenvalue weighted by Gasteiger charge is 2.09. The third kappa shape index (κ3) is 2.62. The Balaban J connectivity index is 2.07. The van der Waals surface area contributed by atoms with E-state index in [-0.39, 0.29) is 5.56 Å². The predicted molar refractivity (Wildman–Crippen MR) is 84.7 cm³/mol. The van der Waals surface area contributed by atoms with E-state index in [1.54, 1.807) is 11.3 Å². The molecule has 0 bridgehead atoms. The number of nitrogens with zero attached hydrogens (tertiary/aromatic N) is 1. The van der Waals surface area contributed by atoms with Crippen molar-refractivity contribution < 1.29 is 0 Å². The molecule has 2 heterocycles. The van der Waals surface area contributed by atoms with Gasteiger partial charge in [0.1, 0.15) is 10.7 Å². The van der Waals surface area contributed by atoms with E-state index in [0.717, 1.165) is 21.7 Å². The first-order chi connectivity index (χ1) is 9.78. The Kier molecular flexibility index (Phi) is 3.85. The fraction of sp³-hybridized carbons (Fsp3) is 0.200. The Morgan fingerprint density at radius 2 is 2.05 bits per heavy atom. The van der Waals surface area contributed by atoms with E-state index in [2.05, 4.69) is 9.97 Å². The fourth-order valence-corrected chi connectivity index (χ4v) is 3.26. The molecule has 1 aromatic carbocycles. The molecular formula is C15H13ClN2OS. The van der Waals surface area contributed by atoms with Crippen molar-refractivity contribution in [3.8, 4) is 10.4 Å². The van der Waals surface area contributed by atoms with Crippen LogP contribution in [-0.2, 0) is 6.42 Å². The topological polar surface area (TPSA) is 45.8 Å². The van der Waals surface area contributed by atoms with Gasteiger partial charge in [-0.3, -0.25) is 4.79 Å². The third-order valence-corrected chi connectivity index (χ3v) is 4.40. The first kappa shape index (κ1) is 13.3. The minimum absolute atomic E-state index is 0.0713. The van der Waals surface area contributed by atoms with Gasteiger partial charge in [0.2, 0.25) is 0 Å². The van der Waals surface area contributed by atoms with Gasteiger partial charge < -0.3 is 4.98 Å². The Labute approximate surface area is 125 Å². The van der Waals surface area contributed by atoms with Gasteiger partial charge in [-0.2, -0.15) is 0 Å². The first-order valence-electron chi connectivity index (χ1n) is 6.42. The number of aryl methyl sites for hydroxylation is 1. The number of aromatic nitrogens is 2. The van der Waals surface area contributed by atoms with Crippen molar-refractivity contribution in [1.29, 1.82) is 0 Å². The fourth-order valence-electron chi connectivity index (χ4n) is 2.07. The zero-order chi connectivity index (χ0) is 13.9. The van der Waals surface area contributed by atoms with Crippen molar-refractivity contribution in [3.63, 3.8) is 0 Å². The summed E-state index contributed by atoms with van der Waals surface area (Å²) in [4.78, 5) is 21.3. The number of thiophene rings is 1. The molecule has 0 radical (unpaired) electrons. The number of benzene rings is 1. The second-order valence-corrected chi connectivity index (χ2v) is 5.91. The average molecular weight is 305 g/mol. The zero-order valence-corrected chi connectivity index (χ0v) is 12.3. The molecule has 20 heavy (non-hydrogen) atoms. The number of fused-ring (bicyclic) bond motifs is 1. The molecule has 0 aliphatic carbocycles. The number of hydrogen-bond acceptors (Lipinski definition) is 3. The van der Waals surface area contributed by atoms with Crippen LogP contribution in [0.15, 0.2) is 41.2 Å². The largest absolute Gasteiger partial charge is 0.310 e. The number of rotatable bonds is 4. The van der Waals surface area contributed by atoms with Gasteiger partial charge in [-0.05, 0) is 18.1 Å². The molecule has 0 saturated carbocycles. The van der Waals surface area contributed by atoms with E-state index in [4.69, 9.17) is 11.6 Å². The first-order valence-corrected chi connectivity index (χ1v) is 7.77. The van der Waals surface area contributed by atoms with Crippen LogP contribution >= 0.6 is 22.9 Å². The smallest absolute Gasteiger partial charge is 0.259 e. The minimum atomic E-state index is -0.0713. The van der Waals surface area contributed by atoms with Crippen LogP contribution in [0.1, 0.15) is 12.2 Å². The van der Waals surface area contributed by atoms with Gasteiger partial charge >= 0.3 is 0 Å². The lowest BCUT2D eigenvalue weighted by Gasteiger charge is -1.97. The molecule has 0 aliphatic heterocycles. The van der Waals surface area contributed by atoms with E-state index in [1.165, 1.54) is 0 Å². The van der Waals surface area contributed by atoms with Crippen molar-refractivity contribution in [2.45, 2.75) is 12.8 Å². The molecule has 5 heteroatoms. The van der Waals surface area contributed by atoms with Crippen LogP contribution in [0.5, 0.6) is 0 Å². The van der Waals surface area contributed by atoms with Crippen LogP contribution in [0, 0.1) is 0 Å². The standard InChI is InChI=1S/C15H13ClN2OS/c16-8-4-7-13-17-14(19)11-9-12(20-15(11)18-13)10-5-2-1-3-6-10/h1-3,5-6,9H,4,7-8H2,(H,17,18,19). The van der Waals surface area contributed by atoms with Gasteiger partial charge in [-0.25, -0.2) is 4.98 Å². The second-order valence-electron chi connectivity index (χ2n) is 4.50. The summed E-state index contributed by atoms with van der Waals surface area (Å²) < 4.78 is 0.